The molecule has 188 valence electrons. The highest BCUT2D eigenvalue weighted by Gasteiger charge is 2.31. The lowest BCUT2D eigenvalue weighted by atomic mass is 9.96. The van der Waals surface area contributed by atoms with E-state index < -0.39 is 5.60 Å². The van der Waals surface area contributed by atoms with Crippen LogP contribution in [0.2, 0.25) is 0 Å². The molecular weight excluding hydrogens is 438 g/mol. The summed E-state index contributed by atoms with van der Waals surface area (Å²) >= 11 is 0. The summed E-state index contributed by atoms with van der Waals surface area (Å²) in [7, 11) is 0. The van der Waals surface area contributed by atoms with Crippen LogP contribution in [0.25, 0.3) is 0 Å². The molecule has 1 aromatic heterocycles. The van der Waals surface area contributed by atoms with E-state index in [2.05, 4.69) is 60.2 Å². The molecule has 0 saturated carbocycles. The van der Waals surface area contributed by atoms with Gasteiger partial charge in [-0.2, -0.15) is 5.10 Å². The van der Waals surface area contributed by atoms with Crippen LogP contribution in [0.5, 0.6) is 11.5 Å². The summed E-state index contributed by atoms with van der Waals surface area (Å²) in [4.78, 5) is 2.43. The number of likely N-dealkylation sites (tertiary alicyclic amines) is 1. The zero-order chi connectivity index (χ0) is 24.7. The number of hydrogen-bond donors (Lipinski definition) is 1. The van der Waals surface area contributed by atoms with Gasteiger partial charge in [0.25, 0.3) is 0 Å². The van der Waals surface area contributed by atoms with E-state index in [0.29, 0.717) is 13.2 Å². The molecule has 3 aromatic rings. The lowest BCUT2D eigenvalue weighted by Crippen LogP contribution is -2.37. The van der Waals surface area contributed by atoms with Crippen molar-refractivity contribution in [1.29, 1.82) is 0 Å². The molecule has 35 heavy (non-hydrogen) atoms. The highest BCUT2D eigenvalue weighted by atomic mass is 16.5. The van der Waals surface area contributed by atoms with Gasteiger partial charge in [0.15, 0.2) is 0 Å². The van der Waals surface area contributed by atoms with Gasteiger partial charge in [-0.05, 0) is 82.0 Å². The molecule has 2 heterocycles. The van der Waals surface area contributed by atoms with Crippen molar-refractivity contribution in [2.24, 2.45) is 0 Å². The second kappa shape index (κ2) is 11.7. The molecule has 0 radical (unpaired) electrons. The van der Waals surface area contributed by atoms with E-state index >= 15 is 0 Å². The Hall–Kier alpha value is -2.83. The van der Waals surface area contributed by atoms with E-state index in [-0.39, 0.29) is 0 Å². The van der Waals surface area contributed by atoms with E-state index in [9.17, 15) is 5.11 Å². The average molecular weight is 478 g/mol. The predicted octanol–water partition coefficient (Wildman–Crippen LogP) is 5.07. The number of aliphatic hydroxyl groups is 1. The van der Waals surface area contributed by atoms with Crippen LogP contribution in [0.1, 0.15) is 48.1 Å². The molecule has 6 heteroatoms. The van der Waals surface area contributed by atoms with Gasteiger partial charge in [-0.3, -0.25) is 9.58 Å². The van der Waals surface area contributed by atoms with Crippen molar-refractivity contribution in [3.8, 4) is 11.5 Å². The molecule has 0 aliphatic carbocycles. The Kier molecular flexibility index (Phi) is 8.47. The first-order valence-electron chi connectivity index (χ1n) is 12.8. The third-order valence-corrected chi connectivity index (χ3v) is 6.74. The van der Waals surface area contributed by atoms with Crippen molar-refractivity contribution >= 4 is 0 Å². The first-order valence-corrected chi connectivity index (χ1v) is 12.8. The van der Waals surface area contributed by atoms with Gasteiger partial charge in [0.1, 0.15) is 18.1 Å². The van der Waals surface area contributed by atoms with Crippen LogP contribution in [0.15, 0.2) is 54.7 Å². The second-order valence-electron chi connectivity index (χ2n) is 9.98. The summed E-state index contributed by atoms with van der Waals surface area (Å²) in [6.07, 6.45) is 5.37. The fraction of sp³-hybridized carbons (Fsp3) is 0.483. The quantitative estimate of drug-likeness (QED) is 0.413. The molecule has 0 spiro atoms. The number of nitrogens with zero attached hydrogens (tertiary/aromatic N) is 3. The van der Waals surface area contributed by atoms with Gasteiger partial charge in [0.2, 0.25) is 0 Å². The van der Waals surface area contributed by atoms with Crippen molar-refractivity contribution < 1.29 is 14.6 Å². The van der Waals surface area contributed by atoms with E-state index in [1.807, 2.05) is 29.9 Å². The third kappa shape index (κ3) is 7.58. The maximum atomic E-state index is 11.2. The molecule has 1 fully saturated rings. The Morgan fingerprint density at radius 2 is 1.80 bits per heavy atom. The first kappa shape index (κ1) is 25.3. The summed E-state index contributed by atoms with van der Waals surface area (Å²) in [5.41, 5.74) is 3.86. The minimum Gasteiger partial charge on any atom is -0.494 e. The van der Waals surface area contributed by atoms with E-state index in [4.69, 9.17) is 9.47 Å². The minimum absolute atomic E-state index is 0.344. The summed E-state index contributed by atoms with van der Waals surface area (Å²) in [5, 5.41) is 15.6. The van der Waals surface area contributed by atoms with E-state index in [0.717, 1.165) is 74.6 Å². The van der Waals surface area contributed by atoms with Gasteiger partial charge in [-0.15, -0.1) is 0 Å². The molecule has 1 aliphatic rings. The summed E-state index contributed by atoms with van der Waals surface area (Å²) < 4.78 is 13.9. The minimum atomic E-state index is -0.779. The number of benzene rings is 2. The fourth-order valence-electron chi connectivity index (χ4n) is 4.66. The lowest BCUT2D eigenvalue weighted by Gasteiger charge is -2.27. The largest absolute Gasteiger partial charge is 0.494 e. The Bertz CT molecular complexity index is 1080. The maximum absolute atomic E-state index is 11.2. The van der Waals surface area contributed by atoms with Crippen LogP contribution < -0.4 is 9.47 Å². The van der Waals surface area contributed by atoms with Crippen LogP contribution in [0, 0.1) is 20.8 Å². The number of aryl methyl sites for hydroxylation is 4. The van der Waals surface area contributed by atoms with Crippen molar-refractivity contribution in [3.05, 3.63) is 77.1 Å². The Labute approximate surface area is 209 Å². The standard InChI is InChI=1S/C29H39N3O3/c1-23-6-11-28(24(2)20-23)35-22-29(33)13-4-15-31(18-14-29)21-26-7-9-27(10-8-26)34-19-5-16-32-17-12-25(3)30-32/h6-12,17,20,33H,4-5,13-16,18-19,21-22H2,1-3H3. The van der Waals surface area contributed by atoms with Crippen molar-refractivity contribution in [2.45, 2.75) is 65.1 Å². The summed E-state index contributed by atoms with van der Waals surface area (Å²) in [5.74, 6) is 1.77. The zero-order valence-corrected chi connectivity index (χ0v) is 21.4. The molecule has 1 saturated heterocycles. The molecule has 1 unspecified atom stereocenters. The smallest absolute Gasteiger partial charge is 0.122 e. The van der Waals surface area contributed by atoms with Gasteiger partial charge in [0.05, 0.1) is 17.9 Å². The molecule has 0 amide bonds. The van der Waals surface area contributed by atoms with Gasteiger partial charge in [-0.25, -0.2) is 0 Å². The topological polar surface area (TPSA) is 59.8 Å². The lowest BCUT2D eigenvalue weighted by molar-refractivity contribution is -0.0170. The second-order valence-corrected chi connectivity index (χ2v) is 9.98. The maximum Gasteiger partial charge on any atom is 0.122 e. The number of aromatic nitrogens is 2. The van der Waals surface area contributed by atoms with Gasteiger partial charge in [0, 0.05) is 32.3 Å². The van der Waals surface area contributed by atoms with Crippen LogP contribution in [0.3, 0.4) is 0 Å². The normalized spacial score (nSPS) is 18.9. The molecule has 1 aliphatic heterocycles. The molecule has 1 N–H and O–H groups in total. The average Bonchev–Trinajstić information content (AvgIpc) is 3.16. The highest BCUT2D eigenvalue weighted by molar-refractivity contribution is 5.35. The van der Waals surface area contributed by atoms with Crippen molar-refractivity contribution in [2.75, 3.05) is 26.3 Å². The Balaban J connectivity index is 1.20. The monoisotopic (exact) mass is 477 g/mol. The van der Waals surface area contributed by atoms with Gasteiger partial charge in [-0.1, -0.05) is 29.8 Å². The fourth-order valence-corrected chi connectivity index (χ4v) is 4.66. The van der Waals surface area contributed by atoms with Crippen molar-refractivity contribution in [3.63, 3.8) is 0 Å². The molecule has 4 rings (SSSR count). The zero-order valence-electron chi connectivity index (χ0n) is 21.4. The number of rotatable bonds is 10. The van der Waals surface area contributed by atoms with Gasteiger partial charge < -0.3 is 14.6 Å². The first-order chi connectivity index (χ1) is 16.9. The molecule has 1 atom stereocenters. The molecule has 6 nitrogen and oxygen atoms in total. The van der Waals surface area contributed by atoms with Crippen LogP contribution >= 0.6 is 0 Å². The Morgan fingerprint density at radius 1 is 0.971 bits per heavy atom. The van der Waals surface area contributed by atoms with Crippen LogP contribution in [-0.4, -0.2) is 51.7 Å². The van der Waals surface area contributed by atoms with Crippen LogP contribution in [0.4, 0.5) is 0 Å². The summed E-state index contributed by atoms with van der Waals surface area (Å²) in [6, 6.07) is 16.6. The molecule has 0 bridgehead atoms. The number of ether oxygens (including phenoxy) is 2. The number of hydrogen-bond acceptors (Lipinski definition) is 5. The molecule has 2 aromatic carbocycles. The van der Waals surface area contributed by atoms with E-state index in [1.54, 1.807) is 0 Å². The predicted molar refractivity (Wildman–Crippen MR) is 139 cm³/mol. The van der Waals surface area contributed by atoms with Crippen LogP contribution in [-0.2, 0) is 13.1 Å². The SMILES string of the molecule is Cc1ccc(OCC2(O)CCCN(Cc3ccc(OCCCn4ccc(C)n4)cc3)CC2)c(C)c1. The van der Waals surface area contributed by atoms with Crippen molar-refractivity contribution in [1.82, 2.24) is 14.7 Å². The van der Waals surface area contributed by atoms with Gasteiger partial charge >= 0.3 is 0 Å². The summed E-state index contributed by atoms with van der Waals surface area (Å²) in [6.45, 7) is 10.7. The third-order valence-electron chi connectivity index (χ3n) is 6.74. The highest BCUT2D eigenvalue weighted by Crippen LogP contribution is 2.27. The Morgan fingerprint density at radius 3 is 2.54 bits per heavy atom. The molecular formula is C29H39N3O3. The van der Waals surface area contributed by atoms with E-state index in [1.165, 1.54) is 11.1 Å².